The van der Waals surface area contributed by atoms with E-state index in [-0.39, 0.29) is 17.1 Å². The summed E-state index contributed by atoms with van der Waals surface area (Å²) in [5.74, 6) is -1.94. The highest BCUT2D eigenvalue weighted by molar-refractivity contribution is 6.42. The number of amides is 1. The average molecular weight is 278 g/mol. The van der Waals surface area contributed by atoms with Gasteiger partial charge in [-0.15, -0.1) is 0 Å². The van der Waals surface area contributed by atoms with E-state index in [2.05, 4.69) is 5.32 Å². The molecule has 0 fully saturated rings. The molecule has 0 aliphatic rings. The number of benzene rings is 1. The molecule has 5 nitrogen and oxygen atoms in total. The summed E-state index contributed by atoms with van der Waals surface area (Å²) in [6.45, 7) is -0.381. The van der Waals surface area contributed by atoms with Crippen LogP contribution in [0.1, 0.15) is 10.4 Å². The molecule has 0 saturated heterocycles. The van der Waals surface area contributed by atoms with Gasteiger partial charge in [0.1, 0.15) is 0 Å². The first-order valence-electron chi connectivity index (χ1n) is 4.56. The summed E-state index contributed by atoms with van der Waals surface area (Å²) in [4.78, 5) is 21.8. The van der Waals surface area contributed by atoms with Crippen LogP contribution in [0.25, 0.3) is 0 Å². The largest absolute Gasteiger partial charge is 0.479 e. The van der Waals surface area contributed by atoms with Crippen LogP contribution >= 0.6 is 23.2 Å². The lowest BCUT2D eigenvalue weighted by atomic mass is 10.2. The highest BCUT2D eigenvalue weighted by Crippen LogP contribution is 2.22. The Hall–Kier alpha value is -1.30. The number of aliphatic hydroxyl groups is 1. The van der Waals surface area contributed by atoms with Gasteiger partial charge in [0, 0.05) is 5.56 Å². The molecular formula is C10H9Cl2NO4. The number of hydrogen-bond donors (Lipinski definition) is 3. The van der Waals surface area contributed by atoms with Gasteiger partial charge < -0.3 is 15.5 Å². The molecule has 3 N–H and O–H groups in total. The van der Waals surface area contributed by atoms with Gasteiger partial charge in [0.2, 0.25) is 0 Å². The lowest BCUT2D eigenvalue weighted by molar-refractivity contribution is -0.146. The van der Waals surface area contributed by atoms with E-state index in [0.717, 1.165) is 0 Å². The number of rotatable bonds is 4. The average Bonchev–Trinajstić information content (AvgIpc) is 2.28. The minimum absolute atomic E-state index is 0.220. The van der Waals surface area contributed by atoms with E-state index in [9.17, 15) is 9.59 Å². The van der Waals surface area contributed by atoms with Crippen LogP contribution in [0, 0.1) is 0 Å². The van der Waals surface area contributed by atoms with Gasteiger partial charge in [0.25, 0.3) is 5.91 Å². The third kappa shape index (κ3) is 3.89. The molecule has 7 heteroatoms. The number of carboxylic acids is 1. The molecule has 0 aliphatic carbocycles. The molecule has 1 aromatic rings. The molecule has 0 aromatic heterocycles. The Labute approximate surface area is 107 Å². The first-order chi connectivity index (χ1) is 7.91. The van der Waals surface area contributed by atoms with Gasteiger partial charge in [-0.1, -0.05) is 23.2 Å². The third-order valence-electron chi connectivity index (χ3n) is 1.92. The Morgan fingerprint density at radius 3 is 2.47 bits per heavy atom. The van der Waals surface area contributed by atoms with Crippen molar-refractivity contribution in [1.82, 2.24) is 5.32 Å². The zero-order valence-electron chi connectivity index (χ0n) is 8.48. The van der Waals surface area contributed by atoms with Crippen molar-refractivity contribution in [3.05, 3.63) is 33.8 Å². The molecule has 1 aromatic carbocycles. The second-order valence-corrected chi connectivity index (χ2v) is 4.01. The van der Waals surface area contributed by atoms with Crippen LogP contribution in [-0.4, -0.2) is 34.7 Å². The predicted molar refractivity (Wildman–Crippen MR) is 62.4 cm³/mol. The summed E-state index contributed by atoms with van der Waals surface area (Å²) in [5.41, 5.74) is 0.233. The van der Waals surface area contributed by atoms with E-state index in [4.69, 9.17) is 33.4 Å². The van der Waals surface area contributed by atoms with Gasteiger partial charge in [-0.05, 0) is 18.2 Å². The molecule has 0 aliphatic heterocycles. The number of carbonyl (C=O) groups excluding carboxylic acids is 1. The molecule has 0 bridgehead atoms. The quantitative estimate of drug-likeness (QED) is 0.771. The van der Waals surface area contributed by atoms with E-state index < -0.39 is 18.0 Å². The lowest BCUT2D eigenvalue weighted by Crippen LogP contribution is -2.36. The van der Waals surface area contributed by atoms with E-state index in [0.29, 0.717) is 5.02 Å². The van der Waals surface area contributed by atoms with Crippen LogP contribution < -0.4 is 5.32 Å². The summed E-state index contributed by atoms with van der Waals surface area (Å²) in [6.07, 6.45) is -1.64. The SMILES string of the molecule is O=C(NCC(O)C(=O)O)c1ccc(Cl)c(Cl)c1. The third-order valence-corrected chi connectivity index (χ3v) is 2.66. The number of hydrogen-bond acceptors (Lipinski definition) is 3. The van der Waals surface area contributed by atoms with E-state index in [1.807, 2.05) is 0 Å². The lowest BCUT2D eigenvalue weighted by Gasteiger charge is -2.08. The van der Waals surface area contributed by atoms with Crippen molar-refractivity contribution in [1.29, 1.82) is 0 Å². The molecular weight excluding hydrogens is 269 g/mol. The number of nitrogens with one attached hydrogen (secondary N) is 1. The molecule has 1 rings (SSSR count). The summed E-state index contributed by atoms with van der Waals surface area (Å²) < 4.78 is 0. The van der Waals surface area contributed by atoms with E-state index in [1.165, 1.54) is 18.2 Å². The number of aliphatic carboxylic acids is 1. The molecule has 92 valence electrons. The van der Waals surface area contributed by atoms with Crippen LogP contribution in [0.4, 0.5) is 0 Å². The monoisotopic (exact) mass is 277 g/mol. The highest BCUT2D eigenvalue weighted by Gasteiger charge is 2.15. The maximum Gasteiger partial charge on any atom is 0.334 e. The van der Waals surface area contributed by atoms with Crippen LogP contribution in [0.2, 0.25) is 10.0 Å². The Balaban J connectivity index is 2.64. The zero-order chi connectivity index (χ0) is 13.0. The normalized spacial score (nSPS) is 11.9. The maximum absolute atomic E-state index is 11.5. The first-order valence-corrected chi connectivity index (χ1v) is 5.31. The summed E-state index contributed by atoms with van der Waals surface area (Å²) in [7, 11) is 0. The van der Waals surface area contributed by atoms with Gasteiger partial charge in [0.15, 0.2) is 6.10 Å². The van der Waals surface area contributed by atoms with Crippen molar-refractivity contribution in [3.8, 4) is 0 Å². The predicted octanol–water partition coefficient (Wildman–Crippen LogP) is 1.17. The number of carboxylic acid groups (broad SMARTS) is 1. The second-order valence-electron chi connectivity index (χ2n) is 3.19. The van der Waals surface area contributed by atoms with Crippen molar-refractivity contribution in [2.75, 3.05) is 6.54 Å². The van der Waals surface area contributed by atoms with Gasteiger partial charge in [-0.25, -0.2) is 4.79 Å². The van der Waals surface area contributed by atoms with Crippen LogP contribution in [0.3, 0.4) is 0 Å². The smallest absolute Gasteiger partial charge is 0.334 e. The maximum atomic E-state index is 11.5. The van der Waals surface area contributed by atoms with Gasteiger partial charge >= 0.3 is 5.97 Å². The summed E-state index contributed by atoms with van der Waals surface area (Å²) >= 11 is 11.4. The number of aliphatic hydroxyl groups excluding tert-OH is 1. The van der Waals surface area contributed by atoms with Gasteiger partial charge in [0.05, 0.1) is 16.6 Å². The van der Waals surface area contributed by atoms with Gasteiger partial charge in [-0.3, -0.25) is 4.79 Å². The molecule has 0 radical (unpaired) electrons. The van der Waals surface area contributed by atoms with Crippen LogP contribution in [-0.2, 0) is 4.79 Å². The molecule has 0 heterocycles. The molecule has 1 atom stereocenters. The summed E-state index contributed by atoms with van der Waals surface area (Å²) in [5, 5.41) is 20.2. The Morgan fingerprint density at radius 1 is 1.29 bits per heavy atom. The number of halogens is 2. The molecule has 0 saturated carbocycles. The molecule has 1 amide bonds. The zero-order valence-corrected chi connectivity index (χ0v) is 10.00. The fraction of sp³-hybridized carbons (Fsp3) is 0.200. The van der Waals surface area contributed by atoms with Gasteiger partial charge in [-0.2, -0.15) is 0 Å². The molecule has 1 unspecified atom stereocenters. The molecule has 17 heavy (non-hydrogen) atoms. The van der Waals surface area contributed by atoms with Crippen molar-refractivity contribution in [3.63, 3.8) is 0 Å². The fourth-order valence-electron chi connectivity index (χ4n) is 1.02. The molecule has 0 spiro atoms. The Kier molecular flexibility index (Phi) is 4.74. The second kappa shape index (κ2) is 5.86. The van der Waals surface area contributed by atoms with Crippen molar-refractivity contribution in [2.45, 2.75) is 6.10 Å². The van der Waals surface area contributed by atoms with E-state index >= 15 is 0 Å². The minimum Gasteiger partial charge on any atom is -0.479 e. The Bertz CT molecular complexity index is 450. The van der Waals surface area contributed by atoms with Crippen LogP contribution in [0.5, 0.6) is 0 Å². The number of carbonyl (C=O) groups is 2. The topological polar surface area (TPSA) is 86.6 Å². The van der Waals surface area contributed by atoms with E-state index in [1.54, 1.807) is 0 Å². The minimum atomic E-state index is -1.64. The Morgan fingerprint density at radius 2 is 1.94 bits per heavy atom. The van der Waals surface area contributed by atoms with Crippen LogP contribution in [0.15, 0.2) is 18.2 Å². The first kappa shape index (κ1) is 13.8. The fourth-order valence-corrected chi connectivity index (χ4v) is 1.31. The van der Waals surface area contributed by atoms with Crippen molar-refractivity contribution in [2.24, 2.45) is 0 Å². The standard InChI is InChI=1S/C10H9Cl2NO4/c11-6-2-1-5(3-7(6)12)9(15)13-4-8(14)10(16)17/h1-3,8,14H,4H2,(H,13,15)(H,16,17). The van der Waals surface area contributed by atoms with Crippen molar-refractivity contribution >= 4 is 35.1 Å². The summed E-state index contributed by atoms with van der Waals surface area (Å²) in [6, 6.07) is 4.25. The highest BCUT2D eigenvalue weighted by atomic mass is 35.5. The van der Waals surface area contributed by atoms with Crippen molar-refractivity contribution < 1.29 is 19.8 Å².